The van der Waals surface area contributed by atoms with Crippen LogP contribution in [0.15, 0.2) is 42.6 Å². The van der Waals surface area contributed by atoms with E-state index in [1.807, 2.05) is 0 Å². The summed E-state index contributed by atoms with van der Waals surface area (Å²) >= 11 is 0. The van der Waals surface area contributed by atoms with Crippen LogP contribution < -0.4 is 10.6 Å². The Morgan fingerprint density at radius 1 is 1.29 bits per heavy atom. The molecule has 3 rings (SSSR count). The number of carbonyl (C=O) groups excluding carboxylic acids is 2. The van der Waals surface area contributed by atoms with Crippen LogP contribution in [0.3, 0.4) is 0 Å². The summed E-state index contributed by atoms with van der Waals surface area (Å²) in [5, 5.41) is 5.50. The summed E-state index contributed by atoms with van der Waals surface area (Å²) in [6.07, 6.45) is 3.56. The SMILES string of the molecule is O=C(N[C@@H]1CCCNC1=O)c1ccnc(Cc2ccc(F)cc2)c1. The van der Waals surface area contributed by atoms with Crippen LogP contribution in [0.2, 0.25) is 0 Å². The maximum absolute atomic E-state index is 12.9. The van der Waals surface area contributed by atoms with E-state index in [2.05, 4.69) is 15.6 Å². The highest BCUT2D eigenvalue weighted by atomic mass is 19.1. The zero-order valence-electron chi connectivity index (χ0n) is 13.1. The first-order chi connectivity index (χ1) is 11.6. The summed E-state index contributed by atoms with van der Waals surface area (Å²) < 4.78 is 12.9. The molecular formula is C18H18FN3O2. The van der Waals surface area contributed by atoms with E-state index in [-0.39, 0.29) is 17.6 Å². The first kappa shape index (κ1) is 16.1. The third kappa shape index (κ3) is 3.95. The number of carbonyl (C=O) groups is 2. The summed E-state index contributed by atoms with van der Waals surface area (Å²) in [6.45, 7) is 0.655. The first-order valence-corrected chi connectivity index (χ1v) is 7.90. The Morgan fingerprint density at radius 3 is 2.83 bits per heavy atom. The van der Waals surface area contributed by atoms with Gasteiger partial charge in [0.15, 0.2) is 0 Å². The lowest BCUT2D eigenvalue weighted by molar-refractivity contribution is -0.124. The second-order valence-corrected chi connectivity index (χ2v) is 5.80. The van der Waals surface area contributed by atoms with Crippen LogP contribution in [0.5, 0.6) is 0 Å². The molecule has 0 bridgehead atoms. The van der Waals surface area contributed by atoms with Gasteiger partial charge in [0.05, 0.1) is 0 Å². The maximum Gasteiger partial charge on any atom is 0.252 e. The van der Waals surface area contributed by atoms with E-state index in [4.69, 9.17) is 0 Å². The Labute approximate surface area is 139 Å². The van der Waals surface area contributed by atoms with E-state index >= 15 is 0 Å². The van der Waals surface area contributed by atoms with Crippen molar-refractivity contribution < 1.29 is 14.0 Å². The van der Waals surface area contributed by atoms with E-state index in [1.165, 1.54) is 12.1 Å². The number of hydrogen-bond donors (Lipinski definition) is 2. The highest BCUT2D eigenvalue weighted by Gasteiger charge is 2.24. The number of hydrogen-bond acceptors (Lipinski definition) is 3. The molecule has 6 heteroatoms. The normalized spacial score (nSPS) is 17.2. The van der Waals surface area contributed by atoms with E-state index in [1.54, 1.807) is 30.5 Å². The molecule has 0 spiro atoms. The predicted octanol–water partition coefficient (Wildman–Crippen LogP) is 1.82. The average Bonchev–Trinajstić information content (AvgIpc) is 2.59. The topological polar surface area (TPSA) is 71.1 Å². The highest BCUT2D eigenvalue weighted by molar-refractivity contribution is 5.97. The molecule has 2 N–H and O–H groups in total. The van der Waals surface area contributed by atoms with Gasteiger partial charge in [0.25, 0.3) is 5.91 Å². The molecule has 1 aliphatic rings. The summed E-state index contributed by atoms with van der Waals surface area (Å²) in [5.41, 5.74) is 2.08. The van der Waals surface area contributed by atoms with Crippen LogP contribution in [-0.4, -0.2) is 29.4 Å². The van der Waals surface area contributed by atoms with Crippen LogP contribution >= 0.6 is 0 Å². The van der Waals surface area contributed by atoms with Gasteiger partial charge in [-0.2, -0.15) is 0 Å². The molecule has 1 atom stereocenters. The van der Waals surface area contributed by atoms with E-state index in [0.717, 1.165) is 12.0 Å². The first-order valence-electron chi connectivity index (χ1n) is 7.90. The van der Waals surface area contributed by atoms with Crippen molar-refractivity contribution >= 4 is 11.8 Å². The van der Waals surface area contributed by atoms with Crippen LogP contribution in [0, 0.1) is 5.82 Å². The van der Waals surface area contributed by atoms with Gasteiger partial charge < -0.3 is 10.6 Å². The zero-order chi connectivity index (χ0) is 16.9. The highest BCUT2D eigenvalue weighted by Crippen LogP contribution is 2.11. The number of nitrogens with one attached hydrogen (secondary N) is 2. The molecular weight excluding hydrogens is 309 g/mol. The number of piperidine rings is 1. The minimum Gasteiger partial charge on any atom is -0.354 e. The largest absolute Gasteiger partial charge is 0.354 e. The van der Waals surface area contributed by atoms with Crippen molar-refractivity contribution in [3.63, 3.8) is 0 Å². The fraction of sp³-hybridized carbons (Fsp3) is 0.278. The van der Waals surface area contributed by atoms with Crippen molar-refractivity contribution in [2.75, 3.05) is 6.54 Å². The zero-order valence-corrected chi connectivity index (χ0v) is 13.1. The maximum atomic E-state index is 12.9. The summed E-state index contributed by atoms with van der Waals surface area (Å²) in [5.74, 6) is -0.722. The van der Waals surface area contributed by atoms with Gasteiger partial charge in [0, 0.05) is 30.4 Å². The van der Waals surface area contributed by atoms with E-state index in [9.17, 15) is 14.0 Å². The van der Waals surface area contributed by atoms with Gasteiger partial charge in [0.1, 0.15) is 11.9 Å². The van der Waals surface area contributed by atoms with Crippen molar-refractivity contribution in [1.82, 2.24) is 15.6 Å². The smallest absolute Gasteiger partial charge is 0.252 e. The van der Waals surface area contributed by atoms with Crippen molar-refractivity contribution in [3.8, 4) is 0 Å². The number of aromatic nitrogens is 1. The molecule has 1 aromatic heterocycles. The quantitative estimate of drug-likeness (QED) is 0.900. The second kappa shape index (κ2) is 7.21. The average molecular weight is 327 g/mol. The van der Waals surface area contributed by atoms with Gasteiger partial charge in [-0.15, -0.1) is 0 Å². The molecule has 2 amide bonds. The second-order valence-electron chi connectivity index (χ2n) is 5.80. The van der Waals surface area contributed by atoms with Crippen molar-refractivity contribution in [1.29, 1.82) is 0 Å². The Hall–Kier alpha value is -2.76. The molecule has 1 saturated heterocycles. The number of nitrogens with zero attached hydrogens (tertiary/aromatic N) is 1. The van der Waals surface area contributed by atoms with Crippen molar-refractivity contribution in [2.24, 2.45) is 0 Å². The summed E-state index contributed by atoms with van der Waals surface area (Å²) in [6, 6.07) is 9.00. The number of benzene rings is 1. The van der Waals surface area contributed by atoms with Crippen LogP contribution in [0.1, 0.15) is 34.5 Å². The van der Waals surface area contributed by atoms with Crippen LogP contribution in [0.4, 0.5) is 4.39 Å². The lowest BCUT2D eigenvalue weighted by Crippen LogP contribution is -2.50. The fourth-order valence-corrected chi connectivity index (χ4v) is 2.68. The van der Waals surface area contributed by atoms with Crippen LogP contribution in [-0.2, 0) is 11.2 Å². The number of amides is 2. The number of pyridine rings is 1. The fourth-order valence-electron chi connectivity index (χ4n) is 2.68. The van der Waals surface area contributed by atoms with Gasteiger partial charge >= 0.3 is 0 Å². The molecule has 1 aliphatic heterocycles. The van der Waals surface area contributed by atoms with E-state index in [0.29, 0.717) is 30.6 Å². The molecule has 2 heterocycles. The standard InChI is InChI=1S/C18H18FN3O2/c19-14-5-3-12(4-6-14)10-15-11-13(7-9-20-15)17(23)22-16-2-1-8-21-18(16)24/h3-7,9,11,16H,1-2,8,10H2,(H,21,24)(H,22,23)/t16-/m1/s1. The molecule has 0 unspecified atom stereocenters. The van der Waals surface area contributed by atoms with Gasteiger partial charge in [-0.3, -0.25) is 14.6 Å². The summed E-state index contributed by atoms with van der Waals surface area (Å²) in [4.78, 5) is 28.3. The van der Waals surface area contributed by atoms with Crippen LogP contribution in [0.25, 0.3) is 0 Å². The predicted molar refractivity (Wildman–Crippen MR) is 86.9 cm³/mol. The van der Waals surface area contributed by atoms with Gasteiger partial charge in [-0.25, -0.2) is 4.39 Å². The third-order valence-corrected chi connectivity index (χ3v) is 3.97. The van der Waals surface area contributed by atoms with E-state index < -0.39 is 6.04 Å². The van der Waals surface area contributed by atoms with Gasteiger partial charge in [-0.1, -0.05) is 12.1 Å². The van der Waals surface area contributed by atoms with Gasteiger partial charge in [0.2, 0.25) is 5.91 Å². The summed E-state index contributed by atoms with van der Waals surface area (Å²) in [7, 11) is 0. The lowest BCUT2D eigenvalue weighted by atomic mass is 10.1. The molecule has 0 radical (unpaired) electrons. The molecule has 124 valence electrons. The molecule has 5 nitrogen and oxygen atoms in total. The number of rotatable bonds is 4. The number of halogens is 1. The molecule has 1 fully saturated rings. The Bertz CT molecular complexity index is 746. The molecule has 1 aromatic carbocycles. The molecule has 24 heavy (non-hydrogen) atoms. The minimum absolute atomic E-state index is 0.143. The lowest BCUT2D eigenvalue weighted by Gasteiger charge is -2.22. The Morgan fingerprint density at radius 2 is 2.08 bits per heavy atom. The Balaban J connectivity index is 1.68. The van der Waals surface area contributed by atoms with Crippen molar-refractivity contribution in [2.45, 2.75) is 25.3 Å². The Kier molecular flexibility index (Phi) is 4.84. The monoisotopic (exact) mass is 327 g/mol. The molecule has 0 aliphatic carbocycles. The van der Waals surface area contributed by atoms with Gasteiger partial charge in [-0.05, 0) is 42.7 Å². The molecule has 0 saturated carbocycles. The minimum atomic E-state index is -0.486. The molecule has 2 aromatic rings. The van der Waals surface area contributed by atoms with Crippen molar-refractivity contribution in [3.05, 3.63) is 65.2 Å². The third-order valence-electron chi connectivity index (χ3n) is 3.97.